The highest BCUT2D eigenvalue weighted by Crippen LogP contribution is 2.29. The van der Waals surface area contributed by atoms with E-state index >= 15 is 0 Å². The predicted octanol–water partition coefficient (Wildman–Crippen LogP) is 4.98. The lowest BCUT2D eigenvalue weighted by molar-refractivity contribution is 1.20. The van der Waals surface area contributed by atoms with E-state index in [2.05, 4.69) is 64.6 Å². The van der Waals surface area contributed by atoms with Gasteiger partial charge in [0.05, 0.1) is 0 Å². The van der Waals surface area contributed by atoms with Crippen LogP contribution in [0, 0.1) is 27.7 Å². The van der Waals surface area contributed by atoms with Gasteiger partial charge in [-0.15, -0.1) is 0 Å². The molecule has 0 amide bonds. The first-order valence-corrected chi connectivity index (χ1v) is 6.34. The van der Waals surface area contributed by atoms with Gasteiger partial charge in [0.1, 0.15) is 0 Å². The topological polar surface area (TPSA) is 0 Å². The molecule has 0 bridgehead atoms. The van der Waals surface area contributed by atoms with E-state index < -0.39 is 0 Å². The van der Waals surface area contributed by atoms with Gasteiger partial charge < -0.3 is 0 Å². The third kappa shape index (κ3) is 2.11. The smallest absolute Gasteiger partial charge is 0.0149 e. The Kier molecular flexibility index (Phi) is 3.38. The molecule has 0 aliphatic heterocycles. The zero-order chi connectivity index (χ0) is 13.3. The van der Waals surface area contributed by atoms with E-state index in [-0.39, 0.29) is 0 Å². The van der Waals surface area contributed by atoms with Crippen LogP contribution < -0.4 is 0 Å². The lowest BCUT2D eigenvalue weighted by Gasteiger charge is -2.16. The van der Waals surface area contributed by atoms with Crippen LogP contribution >= 0.6 is 0 Å². The number of benzene rings is 2. The molecule has 92 valence electrons. The van der Waals surface area contributed by atoms with E-state index in [4.69, 9.17) is 0 Å². The normalized spacial score (nSPS) is 10.4. The maximum Gasteiger partial charge on any atom is -0.0149 e. The summed E-state index contributed by atoms with van der Waals surface area (Å²) in [6.07, 6.45) is 0. The number of rotatable bonds is 2. The molecule has 0 saturated carbocycles. The largest absolute Gasteiger partial charge is 0.0905 e. The zero-order valence-electron chi connectivity index (χ0n) is 11.7. The highest BCUT2D eigenvalue weighted by atomic mass is 14.1. The molecule has 18 heavy (non-hydrogen) atoms. The molecule has 0 saturated heterocycles. The van der Waals surface area contributed by atoms with Gasteiger partial charge in [0.2, 0.25) is 0 Å². The van der Waals surface area contributed by atoms with E-state index in [1.54, 1.807) is 0 Å². The number of hydrogen-bond donors (Lipinski definition) is 0. The summed E-state index contributed by atoms with van der Waals surface area (Å²) >= 11 is 0. The Morgan fingerprint density at radius 3 is 2.06 bits per heavy atom. The van der Waals surface area contributed by atoms with Crippen LogP contribution in [-0.2, 0) is 0 Å². The molecule has 0 aliphatic carbocycles. The molecule has 2 aromatic rings. The van der Waals surface area contributed by atoms with Gasteiger partial charge in [-0.25, -0.2) is 0 Å². The Morgan fingerprint density at radius 2 is 1.44 bits per heavy atom. The molecule has 0 radical (unpaired) electrons. The molecule has 0 N–H and O–H groups in total. The third-order valence-electron chi connectivity index (χ3n) is 3.93. The zero-order valence-corrected chi connectivity index (χ0v) is 11.7. The van der Waals surface area contributed by atoms with Crippen LogP contribution in [0.5, 0.6) is 0 Å². The Hall–Kier alpha value is -1.82. The molecule has 0 nitrogen and oxygen atoms in total. The fourth-order valence-electron chi connectivity index (χ4n) is 2.32. The van der Waals surface area contributed by atoms with Gasteiger partial charge in [-0.05, 0) is 66.6 Å². The first kappa shape index (κ1) is 12.6. The summed E-state index contributed by atoms with van der Waals surface area (Å²) in [5.74, 6) is 0. The highest BCUT2D eigenvalue weighted by Gasteiger charge is 2.10. The van der Waals surface area contributed by atoms with Gasteiger partial charge in [-0.2, -0.15) is 0 Å². The van der Waals surface area contributed by atoms with Crippen LogP contribution in [-0.4, -0.2) is 0 Å². The Morgan fingerprint density at radius 1 is 0.833 bits per heavy atom. The van der Waals surface area contributed by atoms with Crippen molar-refractivity contribution >= 4 is 5.57 Å². The summed E-state index contributed by atoms with van der Waals surface area (Å²) in [5, 5.41) is 0. The van der Waals surface area contributed by atoms with Crippen molar-refractivity contribution in [2.24, 2.45) is 0 Å². The van der Waals surface area contributed by atoms with Crippen LogP contribution in [0.25, 0.3) is 5.57 Å². The lowest BCUT2D eigenvalue weighted by Crippen LogP contribution is -1.98. The molecule has 0 heterocycles. The minimum Gasteiger partial charge on any atom is -0.0905 e. The summed E-state index contributed by atoms with van der Waals surface area (Å²) in [4.78, 5) is 0. The molecule has 2 rings (SSSR count). The molecular formula is C18H20. The third-order valence-corrected chi connectivity index (χ3v) is 3.93. The maximum atomic E-state index is 4.27. The van der Waals surface area contributed by atoms with Gasteiger partial charge in [-0.1, -0.05) is 43.0 Å². The molecule has 2 aromatic carbocycles. The molecule has 0 aromatic heterocycles. The summed E-state index contributed by atoms with van der Waals surface area (Å²) in [6.45, 7) is 13.0. The predicted molar refractivity (Wildman–Crippen MR) is 80.0 cm³/mol. The molecule has 0 aliphatic rings. The number of aryl methyl sites for hydroxylation is 1. The molecular weight excluding hydrogens is 216 g/mol. The Balaban J connectivity index is 2.56. The lowest BCUT2D eigenvalue weighted by atomic mass is 9.89. The monoisotopic (exact) mass is 236 g/mol. The highest BCUT2D eigenvalue weighted by molar-refractivity contribution is 5.80. The fourth-order valence-corrected chi connectivity index (χ4v) is 2.32. The van der Waals surface area contributed by atoms with Crippen LogP contribution in [0.4, 0.5) is 0 Å². The second-order valence-corrected chi connectivity index (χ2v) is 4.96. The van der Waals surface area contributed by atoms with Crippen molar-refractivity contribution in [1.29, 1.82) is 0 Å². The van der Waals surface area contributed by atoms with Crippen LogP contribution in [0.3, 0.4) is 0 Å². The fraction of sp³-hybridized carbons (Fsp3) is 0.222. The van der Waals surface area contributed by atoms with Crippen molar-refractivity contribution in [1.82, 2.24) is 0 Å². The van der Waals surface area contributed by atoms with Crippen molar-refractivity contribution in [3.63, 3.8) is 0 Å². The van der Waals surface area contributed by atoms with Gasteiger partial charge >= 0.3 is 0 Å². The molecule has 0 atom stereocenters. The standard InChI is InChI=1S/C18H20/c1-12-11-18(15(4)14(3)13(12)2)16(5)17-9-7-6-8-10-17/h6-11H,5H2,1-4H3. The van der Waals surface area contributed by atoms with Crippen molar-refractivity contribution < 1.29 is 0 Å². The van der Waals surface area contributed by atoms with E-state index in [0.29, 0.717) is 0 Å². The Bertz CT molecular complexity index is 589. The minimum absolute atomic E-state index is 1.11. The molecule has 0 fully saturated rings. The second kappa shape index (κ2) is 4.81. The Labute approximate surface area is 110 Å². The quantitative estimate of drug-likeness (QED) is 0.689. The average Bonchev–Trinajstić information content (AvgIpc) is 2.41. The SMILES string of the molecule is C=C(c1ccccc1)c1cc(C)c(C)c(C)c1C. The summed E-state index contributed by atoms with van der Waals surface area (Å²) in [6, 6.07) is 12.6. The van der Waals surface area contributed by atoms with E-state index in [9.17, 15) is 0 Å². The van der Waals surface area contributed by atoms with Crippen molar-refractivity contribution in [2.75, 3.05) is 0 Å². The summed E-state index contributed by atoms with van der Waals surface area (Å²) < 4.78 is 0. The number of hydrogen-bond acceptors (Lipinski definition) is 0. The van der Waals surface area contributed by atoms with Gasteiger partial charge in [0, 0.05) is 0 Å². The molecule has 0 unspecified atom stereocenters. The average molecular weight is 236 g/mol. The van der Waals surface area contributed by atoms with E-state index in [1.165, 1.54) is 33.4 Å². The molecule has 0 heteroatoms. The van der Waals surface area contributed by atoms with Crippen molar-refractivity contribution in [3.8, 4) is 0 Å². The van der Waals surface area contributed by atoms with Gasteiger partial charge in [0.15, 0.2) is 0 Å². The van der Waals surface area contributed by atoms with Crippen molar-refractivity contribution in [3.05, 3.63) is 76.4 Å². The summed E-state index contributed by atoms with van der Waals surface area (Å²) in [5.41, 5.74) is 9.01. The first-order valence-electron chi connectivity index (χ1n) is 6.34. The molecule has 0 spiro atoms. The maximum absolute atomic E-state index is 4.27. The minimum atomic E-state index is 1.11. The first-order chi connectivity index (χ1) is 8.52. The summed E-state index contributed by atoms with van der Waals surface area (Å²) in [7, 11) is 0. The van der Waals surface area contributed by atoms with Crippen LogP contribution in [0.1, 0.15) is 33.4 Å². The van der Waals surface area contributed by atoms with Crippen LogP contribution in [0.2, 0.25) is 0 Å². The second-order valence-electron chi connectivity index (χ2n) is 4.96. The van der Waals surface area contributed by atoms with Crippen molar-refractivity contribution in [2.45, 2.75) is 27.7 Å². The van der Waals surface area contributed by atoms with Crippen LogP contribution in [0.15, 0.2) is 43.0 Å². The van der Waals surface area contributed by atoms with Gasteiger partial charge in [0.25, 0.3) is 0 Å². The van der Waals surface area contributed by atoms with E-state index in [1.807, 2.05) is 6.07 Å². The van der Waals surface area contributed by atoms with Gasteiger partial charge in [-0.3, -0.25) is 0 Å². The van der Waals surface area contributed by atoms with E-state index in [0.717, 1.165) is 5.57 Å².